The number of halogens is 1. The fourth-order valence-electron chi connectivity index (χ4n) is 1.83. The Balaban J connectivity index is 2.32. The smallest absolute Gasteiger partial charge is 0.306 e. The number of imidazole rings is 1. The first kappa shape index (κ1) is 16.7. The third-order valence-electron chi connectivity index (χ3n) is 2.99. The van der Waals surface area contributed by atoms with Crippen LogP contribution in [0.2, 0.25) is 0 Å². The normalized spacial score (nSPS) is 12.8. The number of H-pyrrole nitrogens is 1. The Morgan fingerprint density at radius 1 is 1.48 bits per heavy atom. The number of nitrogens with two attached hydrogens (primary N) is 1. The molecule has 0 spiro atoms. The molecule has 1 heterocycles. The van der Waals surface area contributed by atoms with Crippen molar-refractivity contribution in [3.05, 3.63) is 52.3 Å². The first-order chi connectivity index (χ1) is 10.7. The summed E-state index contributed by atoms with van der Waals surface area (Å²) in [4.78, 5) is 27.3. The maximum Gasteiger partial charge on any atom is 0.306 e. The largest absolute Gasteiger partial charge is 0.348 e. The number of hydrogen-bond acceptors (Lipinski definition) is 7. The predicted octanol–water partition coefficient (Wildman–Crippen LogP) is 0.327. The summed E-state index contributed by atoms with van der Waals surface area (Å²) >= 11 is 0. The van der Waals surface area contributed by atoms with E-state index in [9.17, 15) is 27.7 Å². The van der Waals surface area contributed by atoms with Gasteiger partial charge in [-0.05, 0) is 12.1 Å². The van der Waals surface area contributed by atoms with Gasteiger partial charge >= 0.3 is 5.69 Å². The maximum atomic E-state index is 13.3. The summed E-state index contributed by atoms with van der Waals surface area (Å²) in [5.74, 6) is -1.21. The Morgan fingerprint density at radius 2 is 2.17 bits per heavy atom. The van der Waals surface area contributed by atoms with Crippen LogP contribution in [0.15, 0.2) is 35.6 Å². The molecule has 122 valence electrons. The number of hydrogen-bond donors (Lipinski definition) is 2. The van der Waals surface area contributed by atoms with Gasteiger partial charge < -0.3 is 10.7 Å². The van der Waals surface area contributed by atoms with Gasteiger partial charge in [-0.3, -0.25) is 14.9 Å². The van der Waals surface area contributed by atoms with E-state index in [-0.39, 0.29) is 6.42 Å². The molecular formula is C12H11FN4O5S. The number of nitro groups is 1. The first-order valence-corrected chi connectivity index (χ1v) is 7.67. The number of nitrogens with zero attached hydrogens (tertiary/aromatic N) is 2. The Hall–Kier alpha value is -2.66. The minimum atomic E-state index is -4.58. The fraction of sp³-hybridized carbons (Fsp3) is 0.167. The van der Waals surface area contributed by atoms with Crippen molar-refractivity contribution in [1.29, 1.82) is 0 Å². The zero-order valence-electron chi connectivity index (χ0n) is 11.5. The van der Waals surface area contributed by atoms with Gasteiger partial charge in [0.25, 0.3) is 5.12 Å². The summed E-state index contributed by atoms with van der Waals surface area (Å²) in [6.45, 7) is 0. The molecule has 9 nitrogen and oxygen atoms in total. The van der Waals surface area contributed by atoms with Gasteiger partial charge in [0.1, 0.15) is 0 Å². The van der Waals surface area contributed by atoms with Crippen molar-refractivity contribution in [3.63, 3.8) is 0 Å². The van der Waals surface area contributed by atoms with E-state index in [4.69, 9.17) is 5.73 Å². The standard InChI is InChI=1S/C12H11FN4O5S/c13-9-2-1-8(4-11(9)17(19)20)23(21,22)12(18)10(14)3-7-5-15-6-16-7/h1-2,4-6,10H,3,14H2,(H,15,16)/t10-/m0/s1. The lowest BCUT2D eigenvalue weighted by atomic mass is 10.2. The summed E-state index contributed by atoms with van der Waals surface area (Å²) < 4.78 is 37.6. The van der Waals surface area contributed by atoms with Gasteiger partial charge in [-0.15, -0.1) is 0 Å². The molecule has 1 aromatic carbocycles. The number of nitrogens with one attached hydrogen (secondary N) is 1. The monoisotopic (exact) mass is 342 g/mol. The van der Waals surface area contributed by atoms with E-state index in [1.807, 2.05) is 0 Å². The molecule has 3 N–H and O–H groups in total. The highest BCUT2D eigenvalue weighted by Gasteiger charge is 2.32. The Labute approximate surface area is 129 Å². The summed E-state index contributed by atoms with van der Waals surface area (Å²) in [7, 11) is -4.58. The number of rotatable bonds is 5. The van der Waals surface area contributed by atoms with Crippen LogP contribution in [0.1, 0.15) is 5.69 Å². The number of benzene rings is 1. The topological polar surface area (TPSA) is 149 Å². The fourth-order valence-corrected chi connectivity index (χ4v) is 3.06. The van der Waals surface area contributed by atoms with Crippen LogP contribution in [0.4, 0.5) is 10.1 Å². The van der Waals surface area contributed by atoms with Crippen molar-refractivity contribution in [2.45, 2.75) is 17.4 Å². The highest BCUT2D eigenvalue weighted by Crippen LogP contribution is 2.23. The number of nitro benzene ring substituents is 1. The lowest BCUT2D eigenvalue weighted by Gasteiger charge is -2.10. The highest BCUT2D eigenvalue weighted by molar-refractivity contribution is 8.06. The van der Waals surface area contributed by atoms with E-state index in [0.29, 0.717) is 17.8 Å². The molecule has 0 aliphatic rings. The third kappa shape index (κ3) is 3.40. The van der Waals surface area contributed by atoms with Crippen LogP contribution in [0.5, 0.6) is 0 Å². The molecule has 11 heteroatoms. The summed E-state index contributed by atoms with van der Waals surface area (Å²) in [5, 5.41) is 9.34. The second-order valence-electron chi connectivity index (χ2n) is 4.58. The molecule has 0 fully saturated rings. The molecule has 1 atom stereocenters. The number of carbonyl (C=O) groups is 1. The number of sulfone groups is 1. The van der Waals surface area contributed by atoms with E-state index < -0.39 is 42.3 Å². The minimum absolute atomic E-state index is 0.110. The van der Waals surface area contributed by atoms with E-state index in [0.717, 1.165) is 6.07 Å². The van der Waals surface area contributed by atoms with Crippen LogP contribution in [0.3, 0.4) is 0 Å². The van der Waals surface area contributed by atoms with E-state index >= 15 is 0 Å². The van der Waals surface area contributed by atoms with Crippen LogP contribution in [0, 0.1) is 15.9 Å². The van der Waals surface area contributed by atoms with Gasteiger partial charge in [0.05, 0.1) is 22.2 Å². The zero-order chi connectivity index (χ0) is 17.2. The molecule has 0 bridgehead atoms. The van der Waals surface area contributed by atoms with Crippen molar-refractivity contribution in [2.24, 2.45) is 5.73 Å². The Kier molecular flexibility index (Phi) is 4.52. The van der Waals surface area contributed by atoms with Crippen molar-refractivity contribution < 1.29 is 22.5 Å². The molecule has 0 radical (unpaired) electrons. The lowest BCUT2D eigenvalue weighted by molar-refractivity contribution is -0.387. The second kappa shape index (κ2) is 6.22. The van der Waals surface area contributed by atoms with Gasteiger partial charge in [-0.25, -0.2) is 13.4 Å². The molecule has 0 amide bonds. The number of aromatic amines is 1. The Bertz CT molecular complexity index is 850. The molecule has 0 saturated carbocycles. The van der Waals surface area contributed by atoms with Gasteiger partial charge in [-0.2, -0.15) is 4.39 Å². The minimum Gasteiger partial charge on any atom is -0.348 e. The van der Waals surface area contributed by atoms with Crippen LogP contribution in [0.25, 0.3) is 0 Å². The zero-order valence-corrected chi connectivity index (χ0v) is 12.3. The SMILES string of the molecule is N[C@@H](Cc1cnc[nH]1)C(=O)S(=O)(=O)c1ccc(F)c([N+](=O)[O-])c1. The average Bonchev–Trinajstić information content (AvgIpc) is 2.99. The molecule has 0 aliphatic carbocycles. The molecule has 2 aromatic rings. The third-order valence-corrected chi connectivity index (χ3v) is 4.69. The maximum absolute atomic E-state index is 13.3. The van der Waals surface area contributed by atoms with Crippen molar-refractivity contribution >= 4 is 20.6 Å². The summed E-state index contributed by atoms with van der Waals surface area (Å²) in [6.07, 6.45) is 2.61. The summed E-state index contributed by atoms with van der Waals surface area (Å²) in [6, 6.07) is 0.479. The van der Waals surface area contributed by atoms with Crippen LogP contribution >= 0.6 is 0 Å². The first-order valence-electron chi connectivity index (χ1n) is 6.19. The molecule has 0 unspecified atom stereocenters. The van der Waals surface area contributed by atoms with Crippen molar-refractivity contribution in [3.8, 4) is 0 Å². The van der Waals surface area contributed by atoms with Gasteiger partial charge in [0.15, 0.2) is 0 Å². The predicted molar refractivity (Wildman–Crippen MR) is 75.5 cm³/mol. The average molecular weight is 342 g/mol. The van der Waals surface area contributed by atoms with E-state index in [1.54, 1.807) is 0 Å². The molecule has 1 aromatic heterocycles. The lowest BCUT2D eigenvalue weighted by Crippen LogP contribution is -2.37. The molecular weight excluding hydrogens is 331 g/mol. The molecule has 23 heavy (non-hydrogen) atoms. The van der Waals surface area contributed by atoms with E-state index in [2.05, 4.69) is 9.97 Å². The van der Waals surface area contributed by atoms with Gasteiger partial charge in [0.2, 0.25) is 15.7 Å². The number of carbonyl (C=O) groups excluding carboxylic acids is 1. The molecule has 2 rings (SSSR count). The van der Waals surface area contributed by atoms with Gasteiger partial charge in [0, 0.05) is 24.4 Å². The second-order valence-corrected chi connectivity index (χ2v) is 6.46. The van der Waals surface area contributed by atoms with Gasteiger partial charge in [-0.1, -0.05) is 0 Å². The van der Waals surface area contributed by atoms with Crippen LogP contribution in [-0.2, 0) is 21.1 Å². The van der Waals surface area contributed by atoms with Crippen LogP contribution < -0.4 is 5.73 Å². The van der Waals surface area contributed by atoms with Crippen LogP contribution in [-0.4, -0.2) is 34.5 Å². The van der Waals surface area contributed by atoms with Crippen molar-refractivity contribution in [2.75, 3.05) is 0 Å². The van der Waals surface area contributed by atoms with Crippen molar-refractivity contribution in [1.82, 2.24) is 9.97 Å². The summed E-state index contributed by atoms with van der Waals surface area (Å²) in [5.41, 5.74) is 4.98. The quantitative estimate of drug-likeness (QED) is 0.451. The number of aromatic nitrogens is 2. The molecule has 0 aliphatic heterocycles. The Morgan fingerprint density at radius 3 is 2.74 bits per heavy atom. The van der Waals surface area contributed by atoms with E-state index in [1.165, 1.54) is 12.5 Å². The molecule has 0 saturated heterocycles. The highest BCUT2D eigenvalue weighted by atomic mass is 32.2.